The summed E-state index contributed by atoms with van der Waals surface area (Å²) >= 11 is 0. The van der Waals surface area contributed by atoms with E-state index in [4.69, 9.17) is 23.7 Å². The molecule has 4 heterocycles. The minimum atomic E-state index is -1.26. The van der Waals surface area contributed by atoms with E-state index in [0.29, 0.717) is 70.3 Å². The molecule has 3 fully saturated rings. The fraction of sp³-hybridized carbons (Fsp3) is 0.714. The Morgan fingerprint density at radius 1 is 0.611 bits per heavy atom. The van der Waals surface area contributed by atoms with E-state index in [0.717, 1.165) is 17.5 Å². The van der Waals surface area contributed by atoms with Crippen LogP contribution in [-0.4, -0.2) is 252 Å². The van der Waals surface area contributed by atoms with Crippen molar-refractivity contribution < 1.29 is 71.6 Å². The number of methoxy groups -OCH3 is 4. The lowest BCUT2D eigenvalue weighted by Gasteiger charge is -2.41. The largest absolute Gasteiger partial charge is 0.458 e. The number of likely N-dealkylation sites (N-methyl/N-ethyl adjacent to an activating group) is 2. The smallest absolute Gasteiger partial charge is 0.329 e. The molecule has 3 aromatic rings. The highest BCUT2D eigenvalue weighted by Gasteiger charge is 2.48. The van der Waals surface area contributed by atoms with Crippen LogP contribution in [0.25, 0.3) is 0 Å². The van der Waals surface area contributed by atoms with Crippen LogP contribution < -0.4 is 37.2 Å². The highest BCUT2D eigenvalue weighted by Crippen LogP contribution is 2.33. The van der Waals surface area contributed by atoms with Gasteiger partial charge >= 0.3 is 5.97 Å². The molecule has 0 saturated carbocycles. The zero-order chi connectivity index (χ0) is 83.8. The number of hydrogen-bond acceptors (Lipinski definition) is 19. The quantitative estimate of drug-likeness (QED) is 0.0291. The molecule has 29 nitrogen and oxygen atoms in total. The third-order valence-electron chi connectivity index (χ3n) is 23.8. The molecule has 9 amide bonds. The van der Waals surface area contributed by atoms with Gasteiger partial charge in [0.15, 0.2) is 0 Å². The molecule has 0 spiro atoms. The van der Waals surface area contributed by atoms with Gasteiger partial charge in [0.2, 0.25) is 53.2 Å². The van der Waals surface area contributed by atoms with Crippen LogP contribution in [0.2, 0.25) is 0 Å². The van der Waals surface area contributed by atoms with Gasteiger partial charge in [-0.25, -0.2) is 4.79 Å². The van der Waals surface area contributed by atoms with Crippen LogP contribution in [0, 0.1) is 35.5 Å². The first-order valence-electron chi connectivity index (χ1n) is 40.8. The van der Waals surface area contributed by atoms with Crippen molar-refractivity contribution in [2.45, 2.75) is 283 Å². The van der Waals surface area contributed by atoms with E-state index in [1.807, 2.05) is 123 Å². The zero-order valence-electron chi connectivity index (χ0n) is 71.3. The first kappa shape index (κ1) is 93.9. The van der Waals surface area contributed by atoms with Gasteiger partial charge in [-0.05, 0) is 127 Å². The van der Waals surface area contributed by atoms with Crippen LogP contribution in [0.4, 0.5) is 0 Å². The molecule has 6 rings (SSSR count). The Morgan fingerprint density at radius 3 is 1.49 bits per heavy atom. The standard InChI is InChI=1S/C84H136N14O15/c1-22-53(7)70(64(109-18)47-66(99)97-43-30-37-62(97)72(111-20)55(9)74(101)89-60(45-57-33-26-24-27-34-57)76(103)85-49-59-50-88-94-93-59)95(16)77(104)68(51(3)4)91-80(107)83(13,14)86-42-40-82(11,12)113-79(106)61(46-58-35-28-25-29-36-58)90-75(102)56(10)73(112-21)63-38-31-44-98(63)67(100)48-65(110-19)71(54(8)23-2)96(17)78(105)69(52(5)6)92-81(108)84(15)39-32-41-87-84/h24-29,33-36,50-56,60-65,68-73,86-87H,22-23,30-32,37-49H2,1-21H3,(H,85,103)(H,89,101)(H,90,102)(H,91,107)(H,92,108)(H,88,93,94). The molecule has 0 bridgehead atoms. The summed E-state index contributed by atoms with van der Waals surface area (Å²) in [6.07, 6.45) is 4.04. The number of rotatable bonds is 45. The molecule has 3 aliphatic rings. The molecule has 29 heteroatoms. The van der Waals surface area contributed by atoms with Crippen LogP contribution >= 0.6 is 0 Å². The van der Waals surface area contributed by atoms with E-state index >= 15 is 4.79 Å². The number of nitrogens with zero attached hydrogens (tertiary/aromatic N) is 6. The Balaban J connectivity index is 1.07. The number of esters is 1. The lowest BCUT2D eigenvalue weighted by Crippen LogP contribution is -2.61. The second kappa shape index (κ2) is 43.7. The number of amides is 9. The minimum absolute atomic E-state index is 0.0669. The number of aromatic amines is 1. The van der Waals surface area contributed by atoms with Crippen molar-refractivity contribution in [1.82, 2.24) is 72.2 Å². The molecule has 113 heavy (non-hydrogen) atoms. The third kappa shape index (κ3) is 25.5. The van der Waals surface area contributed by atoms with Crippen molar-refractivity contribution in [1.29, 1.82) is 0 Å². The second-order valence-corrected chi connectivity index (χ2v) is 33.6. The Hall–Kier alpha value is -7.96. The summed E-state index contributed by atoms with van der Waals surface area (Å²) in [5.74, 6) is -6.36. The maximum atomic E-state index is 15.0. The summed E-state index contributed by atoms with van der Waals surface area (Å²) in [6.45, 7) is 29.5. The number of aromatic nitrogens is 3. The lowest BCUT2D eigenvalue weighted by molar-refractivity contribution is -0.161. The average Bonchev–Trinajstić information content (AvgIpc) is 1.75. The van der Waals surface area contributed by atoms with Crippen molar-refractivity contribution in [3.8, 4) is 0 Å². The highest BCUT2D eigenvalue weighted by atomic mass is 16.6. The van der Waals surface area contributed by atoms with Gasteiger partial charge in [0, 0.05) is 68.5 Å². The predicted octanol–water partition coefficient (Wildman–Crippen LogP) is 6.22. The molecule has 2 aromatic carbocycles. The molecule has 0 radical (unpaired) electrons. The van der Waals surface area contributed by atoms with Gasteiger partial charge in [-0.15, -0.1) is 0 Å². The molecule has 8 N–H and O–H groups in total. The second-order valence-electron chi connectivity index (χ2n) is 33.6. The van der Waals surface area contributed by atoms with E-state index in [9.17, 15) is 43.2 Å². The van der Waals surface area contributed by atoms with Crippen LogP contribution in [0.3, 0.4) is 0 Å². The number of likely N-dealkylation sites (tertiary alicyclic amines) is 2. The topological polar surface area (TPSA) is 356 Å². The molecule has 17 atom stereocenters. The number of H-pyrrole nitrogens is 1. The van der Waals surface area contributed by atoms with Crippen LogP contribution in [0.1, 0.15) is 191 Å². The van der Waals surface area contributed by atoms with Gasteiger partial charge in [0.1, 0.15) is 35.5 Å². The van der Waals surface area contributed by atoms with Gasteiger partial charge in [-0.1, -0.05) is 143 Å². The summed E-state index contributed by atoms with van der Waals surface area (Å²) < 4.78 is 30.8. The minimum Gasteiger partial charge on any atom is -0.458 e. The number of hydrogen-bond donors (Lipinski definition) is 8. The predicted molar refractivity (Wildman–Crippen MR) is 431 cm³/mol. The number of ether oxygens (including phenoxy) is 5. The number of benzene rings is 2. The molecule has 1 aromatic heterocycles. The molecule has 632 valence electrons. The van der Waals surface area contributed by atoms with Gasteiger partial charge in [0.05, 0.1) is 97.1 Å². The van der Waals surface area contributed by atoms with E-state index < -0.39 is 131 Å². The fourth-order valence-corrected chi connectivity index (χ4v) is 16.3. The Morgan fingerprint density at radius 2 is 1.07 bits per heavy atom. The first-order chi connectivity index (χ1) is 53.4. The van der Waals surface area contributed by atoms with Crippen molar-refractivity contribution in [3.63, 3.8) is 0 Å². The highest BCUT2D eigenvalue weighted by molar-refractivity contribution is 5.94. The van der Waals surface area contributed by atoms with Crippen LogP contribution in [0.5, 0.6) is 0 Å². The number of carbonyl (C=O) groups is 10. The maximum Gasteiger partial charge on any atom is 0.329 e. The SMILES string of the molecule is CCC(C)C(C(CC(=O)N1CCCC1C(OC)C(C)C(=O)NC(Cc1ccccc1)C(=O)NCc1cn[nH]n1)OC)N(C)C(=O)C(NC(=O)C(C)(C)NCCC(C)(C)OC(=O)C(Cc1ccccc1)NC(=O)C(C)C(OC)C1CCCN1C(=O)CC(OC)C(C(C)CC)N(C)C(=O)C(NC(=O)C1(C)CCCN1)C(C)C)C(C)C. The van der Waals surface area contributed by atoms with Gasteiger partial charge in [0.25, 0.3) is 0 Å². The van der Waals surface area contributed by atoms with Crippen molar-refractivity contribution >= 4 is 59.1 Å². The number of carbonyl (C=O) groups excluding carboxylic acids is 10. The monoisotopic (exact) mass is 1580 g/mol. The maximum absolute atomic E-state index is 15.0. The Labute approximate surface area is 671 Å². The Kier molecular flexibility index (Phi) is 36.3. The fourth-order valence-electron chi connectivity index (χ4n) is 16.3. The van der Waals surface area contributed by atoms with Crippen molar-refractivity contribution in [2.75, 3.05) is 68.7 Å². The van der Waals surface area contributed by atoms with Crippen LogP contribution in [-0.2, 0) is 91.0 Å². The van der Waals surface area contributed by atoms with E-state index in [1.165, 1.54) is 34.6 Å². The third-order valence-corrected chi connectivity index (χ3v) is 23.8. The first-order valence-corrected chi connectivity index (χ1v) is 40.8. The number of nitrogens with one attached hydrogen (secondary N) is 8. The van der Waals surface area contributed by atoms with Gasteiger partial charge in [-0.2, -0.15) is 15.4 Å². The lowest BCUT2D eigenvalue weighted by atomic mass is 9.89. The zero-order valence-corrected chi connectivity index (χ0v) is 71.3. The summed E-state index contributed by atoms with van der Waals surface area (Å²) in [6, 6.07) is 12.5. The summed E-state index contributed by atoms with van der Waals surface area (Å²) in [4.78, 5) is 151. The Bertz CT molecular complexity index is 3540. The molecule has 3 aliphatic heterocycles. The summed E-state index contributed by atoms with van der Waals surface area (Å²) in [7, 11) is 9.45. The normalized spacial score (nSPS) is 20.4. The van der Waals surface area contributed by atoms with Crippen molar-refractivity contribution in [3.05, 3.63) is 83.7 Å². The average molecular weight is 1580 g/mol. The van der Waals surface area contributed by atoms with E-state index in [-0.39, 0.29) is 98.4 Å². The molecular formula is C84H136N14O15. The molecule has 17 unspecified atom stereocenters. The molecular weight excluding hydrogens is 1450 g/mol. The van der Waals surface area contributed by atoms with Gasteiger partial charge < -0.3 is 80.5 Å². The summed E-state index contributed by atoms with van der Waals surface area (Å²) in [5, 5.41) is 31.9. The van der Waals surface area contributed by atoms with Crippen molar-refractivity contribution in [2.24, 2.45) is 35.5 Å². The summed E-state index contributed by atoms with van der Waals surface area (Å²) in [5.41, 5.74) is -1.04. The molecule has 3 saturated heterocycles. The van der Waals surface area contributed by atoms with E-state index in [1.54, 1.807) is 75.2 Å². The van der Waals surface area contributed by atoms with E-state index in [2.05, 4.69) is 52.6 Å². The molecule has 0 aliphatic carbocycles. The van der Waals surface area contributed by atoms with Crippen LogP contribution in [0.15, 0.2) is 66.9 Å². The van der Waals surface area contributed by atoms with Gasteiger partial charge in [-0.3, -0.25) is 43.2 Å².